The molecule has 1 unspecified atom stereocenters. The SMILES string of the molecule is CCN(C1CCCCC1)C1CCc2cc(N)ccc21. The van der Waals surface area contributed by atoms with Gasteiger partial charge in [0.05, 0.1) is 0 Å². The fraction of sp³-hybridized carbons (Fsp3) is 0.647. The van der Waals surface area contributed by atoms with Gasteiger partial charge in [-0.1, -0.05) is 32.3 Å². The maximum Gasteiger partial charge on any atom is 0.0356 e. The number of aryl methyl sites for hydroxylation is 1. The average molecular weight is 258 g/mol. The van der Waals surface area contributed by atoms with Gasteiger partial charge in [-0.25, -0.2) is 0 Å². The number of nitrogens with zero attached hydrogens (tertiary/aromatic N) is 1. The van der Waals surface area contributed by atoms with Crippen molar-refractivity contribution in [1.29, 1.82) is 0 Å². The lowest BCUT2D eigenvalue weighted by Crippen LogP contribution is -2.38. The van der Waals surface area contributed by atoms with Crippen molar-refractivity contribution in [3.63, 3.8) is 0 Å². The molecule has 1 atom stereocenters. The highest BCUT2D eigenvalue weighted by Crippen LogP contribution is 2.39. The highest BCUT2D eigenvalue weighted by atomic mass is 15.2. The number of benzene rings is 1. The summed E-state index contributed by atoms with van der Waals surface area (Å²) in [5.74, 6) is 0. The van der Waals surface area contributed by atoms with Crippen LogP contribution in [0.15, 0.2) is 18.2 Å². The van der Waals surface area contributed by atoms with Gasteiger partial charge in [-0.15, -0.1) is 0 Å². The van der Waals surface area contributed by atoms with Crippen LogP contribution in [-0.4, -0.2) is 17.5 Å². The number of fused-ring (bicyclic) bond motifs is 1. The predicted molar refractivity (Wildman–Crippen MR) is 81.2 cm³/mol. The first-order valence-corrected chi connectivity index (χ1v) is 7.93. The predicted octanol–water partition coefficient (Wildman–Crippen LogP) is 3.91. The van der Waals surface area contributed by atoms with Crippen LogP contribution in [0, 0.1) is 0 Å². The Kier molecular flexibility index (Phi) is 3.79. The number of anilines is 1. The van der Waals surface area contributed by atoms with Gasteiger partial charge in [0.1, 0.15) is 0 Å². The molecule has 2 N–H and O–H groups in total. The Balaban J connectivity index is 1.82. The summed E-state index contributed by atoms with van der Waals surface area (Å²) in [7, 11) is 0. The van der Waals surface area contributed by atoms with Crippen molar-refractivity contribution in [1.82, 2.24) is 4.90 Å². The molecule has 0 aromatic heterocycles. The van der Waals surface area contributed by atoms with E-state index < -0.39 is 0 Å². The minimum atomic E-state index is 0.642. The van der Waals surface area contributed by atoms with Crippen LogP contribution in [0.4, 0.5) is 5.69 Å². The zero-order valence-electron chi connectivity index (χ0n) is 12.1. The van der Waals surface area contributed by atoms with Gasteiger partial charge >= 0.3 is 0 Å². The van der Waals surface area contributed by atoms with E-state index in [4.69, 9.17) is 5.73 Å². The molecule has 0 radical (unpaired) electrons. The van der Waals surface area contributed by atoms with Crippen LogP contribution >= 0.6 is 0 Å². The summed E-state index contributed by atoms with van der Waals surface area (Å²) in [5.41, 5.74) is 9.86. The van der Waals surface area contributed by atoms with Gasteiger partial charge in [0.25, 0.3) is 0 Å². The maximum atomic E-state index is 5.91. The first kappa shape index (κ1) is 13.0. The number of nitrogen functional groups attached to an aromatic ring is 1. The molecule has 1 aromatic rings. The topological polar surface area (TPSA) is 29.3 Å². The van der Waals surface area contributed by atoms with E-state index in [0.717, 1.165) is 11.7 Å². The lowest BCUT2D eigenvalue weighted by atomic mass is 9.92. The first-order chi connectivity index (χ1) is 9.29. The summed E-state index contributed by atoms with van der Waals surface area (Å²) < 4.78 is 0. The smallest absolute Gasteiger partial charge is 0.0356 e. The lowest BCUT2D eigenvalue weighted by Gasteiger charge is -2.38. The number of hydrogen-bond donors (Lipinski definition) is 1. The van der Waals surface area contributed by atoms with E-state index in [0.29, 0.717) is 6.04 Å². The number of nitrogens with two attached hydrogens (primary N) is 1. The normalized spacial score (nSPS) is 23.8. The molecule has 2 aliphatic rings. The second kappa shape index (κ2) is 5.54. The van der Waals surface area contributed by atoms with Crippen LogP contribution in [0.2, 0.25) is 0 Å². The Morgan fingerprint density at radius 1 is 1.16 bits per heavy atom. The number of rotatable bonds is 3. The van der Waals surface area contributed by atoms with Gasteiger partial charge in [0, 0.05) is 17.8 Å². The third-order valence-electron chi connectivity index (χ3n) is 5.02. The molecular weight excluding hydrogens is 232 g/mol. The zero-order chi connectivity index (χ0) is 13.2. The monoisotopic (exact) mass is 258 g/mol. The standard InChI is InChI=1S/C17H26N2/c1-2-19(15-6-4-3-5-7-15)17-11-8-13-12-14(18)9-10-16(13)17/h9-10,12,15,17H,2-8,11,18H2,1H3. The lowest BCUT2D eigenvalue weighted by molar-refractivity contribution is 0.110. The summed E-state index contributed by atoms with van der Waals surface area (Å²) in [6.45, 7) is 3.50. The second-order valence-electron chi connectivity index (χ2n) is 6.14. The van der Waals surface area contributed by atoms with E-state index >= 15 is 0 Å². The molecule has 1 saturated carbocycles. The largest absolute Gasteiger partial charge is 0.399 e. The van der Waals surface area contributed by atoms with Crippen molar-refractivity contribution in [2.24, 2.45) is 0 Å². The molecule has 0 spiro atoms. The van der Waals surface area contributed by atoms with Crippen molar-refractivity contribution >= 4 is 5.69 Å². The Bertz CT molecular complexity index is 435. The molecule has 1 fully saturated rings. The van der Waals surface area contributed by atoms with Crippen LogP contribution < -0.4 is 5.73 Å². The molecule has 1 aromatic carbocycles. The average Bonchev–Trinajstić information content (AvgIpc) is 2.84. The van der Waals surface area contributed by atoms with Gasteiger partial charge in [-0.3, -0.25) is 4.90 Å². The third-order valence-corrected chi connectivity index (χ3v) is 5.02. The molecule has 0 amide bonds. The fourth-order valence-electron chi connectivity index (χ4n) is 4.11. The number of hydrogen-bond acceptors (Lipinski definition) is 2. The van der Waals surface area contributed by atoms with Gasteiger partial charge in [0.2, 0.25) is 0 Å². The molecule has 2 heteroatoms. The summed E-state index contributed by atoms with van der Waals surface area (Å²) in [4.78, 5) is 2.77. The van der Waals surface area contributed by atoms with E-state index in [1.807, 2.05) is 0 Å². The van der Waals surface area contributed by atoms with Crippen molar-refractivity contribution in [2.45, 2.75) is 64.0 Å². The highest BCUT2D eigenvalue weighted by Gasteiger charge is 2.31. The van der Waals surface area contributed by atoms with E-state index in [-0.39, 0.29) is 0 Å². The van der Waals surface area contributed by atoms with Gasteiger partial charge in [-0.2, -0.15) is 0 Å². The summed E-state index contributed by atoms with van der Waals surface area (Å²) in [6.07, 6.45) is 9.55. The minimum Gasteiger partial charge on any atom is -0.399 e. The molecule has 0 heterocycles. The van der Waals surface area contributed by atoms with Gasteiger partial charge in [-0.05, 0) is 55.5 Å². The first-order valence-electron chi connectivity index (χ1n) is 7.93. The Labute approximate surface area is 117 Å². The van der Waals surface area contributed by atoms with E-state index in [1.54, 1.807) is 5.56 Å². The third kappa shape index (κ3) is 2.51. The molecule has 0 bridgehead atoms. The molecule has 19 heavy (non-hydrogen) atoms. The fourth-order valence-corrected chi connectivity index (χ4v) is 4.11. The Morgan fingerprint density at radius 3 is 2.68 bits per heavy atom. The highest BCUT2D eigenvalue weighted by molar-refractivity contribution is 5.47. The molecule has 2 aliphatic carbocycles. The molecule has 0 saturated heterocycles. The van der Waals surface area contributed by atoms with Crippen LogP contribution in [0.3, 0.4) is 0 Å². The summed E-state index contributed by atoms with van der Waals surface area (Å²) in [6, 6.07) is 7.99. The van der Waals surface area contributed by atoms with Gasteiger partial charge in [0.15, 0.2) is 0 Å². The summed E-state index contributed by atoms with van der Waals surface area (Å²) >= 11 is 0. The minimum absolute atomic E-state index is 0.642. The van der Waals surface area contributed by atoms with E-state index in [1.165, 1.54) is 57.1 Å². The van der Waals surface area contributed by atoms with Crippen LogP contribution in [-0.2, 0) is 6.42 Å². The second-order valence-corrected chi connectivity index (χ2v) is 6.14. The van der Waals surface area contributed by atoms with Crippen molar-refractivity contribution in [3.05, 3.63) is 29.3 Å². The summed E-state index contributed by atoms with van der Waals surface area (Å²) in [5, 5.41) is 0. The van der Waals surface area contributed by atoms with Crippen LogP contribution in [0.1, 0.15) is 62.6 Å². The molecule has 104 valence electrons. The van der Waals surface area contributed by atoms with Crippen LogP contribution in [0.5, 0.6) is 0 Å². The quantitative estimate of drug-likeness (QED) is 0.833. The van der Waals surface area contributed by atoms with Gasteiger partial charge < -0.3 is 5.73 Å². The Morgan fingerprint density at radius 2 is 1.95 bits per heavy atom. The molecule has 0 aliphatic heterocycles. The zero-order valence-corrected chi connectivity index (χ0v) is 12.1. The van der Waals surface area contributed by atoms with Crippen molar-refractivity contribution in [3.8, 4) is 0 Å². The van der Waals surface area contributed by atoms with Crippen LogP contribution in [0.25, 0.3) is 0 Å². The Hall–Kier alpha value is -1.02. The van der Waals surface area contributed by atoms with E-state index in [9.17, 15) is 0 Å². The molecule has 2 nitrogen and oxygen atoms in total. The van der Waals surface area contributed by atoms with Crippen molar-refractivity contribution in [2.75, 3.05) is 12.3 Å². The van der Waals surface area contributed by atoms with E-state index in [2.05, 4.69) is 30.0 Å². The van der Waals surface area contributed by atoms with Crippen molar-refractivity contribution < 1.29 is 0 Å². The maximum absolute atomic E-state index is 5.91. The molecule has 3 rings (SSSR count). The molecular formula is C17H26N2.